The maximum Gasteiger partial charge on any atom is 0.219 e. The molecule has 24 heavy (non-hydrogen) atoms. The first-order valence-electron chi connectivity index (χ1n) is 8.76. The highest BCUT2D eigenvalue weighted by molar-refractivity contribution is 5.74. The lowest BCUT2D eigenvalue weighted by molar-refractivity contribution is -0.134. The van der Waals surface area contributed by atoms with Crippen LogP contribution in [0.25, 0.3) is 0 Å². The first kappa shape index (κ1) is 17.3. The Labute approximate surface area is 143 Å². The number of carbonyl (C=O) groups excluding carboxylic acids is 1. The number of carbonyl (C=O) groups is 1. The minimum Gasteiger partial charge on any atom is -0.394 e. The van der Waals surface area contributed by atoms with Gasteiger partial charge in [0.25, 0.3) is 0 Å². The van der Waals surface area contributed by atoms with E-state index in [1.807, 2.05) is 31.0 Å². The molecule has 0 radical (unpaired) electrons. The molecule has 6 nitrogen and oxygen atoms in total. The summed E-state index contributed by atoms with van der Waals surface area (Å²) in [6.45, 7) is 9.23. The predicted molar refractivity (Wildman–Crippen MR) is 91.2 cm³/mol. The molecule has 1 spiro atoms. The van der Waals surface area contributed by atoms with E-state index in [1.54, 1.807) is 6.92 Å². The van der Waals surface area contributed by atoms with Gasteiger partial charge in [-0.15, -0.1) is 0 Å². The zero-order chi connectivity index (χ0) is 17.4. The second-order valence-electron chi connectivity index (χ2n) is 7.81. The van der Waals surface area contributed by atoms with Gasteiger partial charge in [0, 0.05) is 26.2 Å². The summed E-state index contributed by atoms with van der Waals surface area (Å²) in [6, 6.07) is 1.98. The van der Waals surface area contributed by atoms with Gasteiger partial charge in [-0.3, -0.25) is 9.69 Å². The van der Waals surface area contributed by atoms with Crippen LogP contribution in [0.5, 0.6) is 0 Å². The number of hydrogen-bond acceptors (Lipinski definition) is 5. The summed E-state index contributed by atoms with van der Waals surface area (Å²) in [5.74, 6) is 0.884. The second-order valence-corrected chi connectivity index (χ2v) is 7.81. The molecule has 132 valence electrons. The molecule has 1 amide bonds. The highest BCUT2D eigenvalue weighted by Gasteiger charge is 2.52. The summed E-state index contributed by atoms with van der Waals surface area (Å²) in [7, 11) is 0. The van der Waals surface area contributed by atoms with Gasteiger partial charge in [-0.05, 0) is 57.7 Å². The molecular weight excluding hydrogens is 304 g/mol. The number of aliphatic hydroxyl groups is 1. The first-order valence-corrected chi connectivity index (χ1v) is 8.76. The molecule has 2 fully saturated rings. The third-order valence-corrected chi connectivity index (χ3v) is 5.76. The fourth-order valence-electron chi connectivity index (χ4n) is 4.46. The standard InChI is InChI=1S/C18H28N4O2/c1-14-19-7-4-16(20-14)10-21-8-5-18(6-9-21)11-17(3,13-23)22(12-18)15(2)24/h4,7,23H,5-6,8-13H2,1-3H3/t17-/m0/s1. The van der Waals surface area contributed by atoms with E-state index < -0.39 is 5.54 Å². The van der Waals surface area contributed by atoms with Gasteiger partial charge in [0.2, 0.25) is 5.91 Å². The molecular formula is C18H28N4O2. The van der Waals surface area contributed by atoms with Crippen LogP contribution in [0, 0.1) is 12.3 Å². The fraction of sp³-hybridized carbons (Fsp3) is 0.722. The Morgan fingerprint density at radius 3 is 2.62 bits per heavy atom. The van der Waals surface area contributed by atoms with Gasteiger partial charge in [-0.2, -0.15) is 0 Å². The van der Waals surface area contributed by atoms with Crippen molar-refractivity contribution >= 4 is 5.91 Å². The summed E-state index contributed by atoms with van der Waals surface area (Å²) >= 11 is 0. The van der Waals surface area contributed by atoms with Gasteiger partial charge in [-0.1, -0.05) is 0 Å². The zero-order valence-corrected chi connectivity index (χ0v) is 15.0. The Hall–Kier alpha value is -1.53. The molecule has 2 aliphatic heterocycles. The van der Waals surface area contributed by atoms with Crippen LogP contribution in [0.1, 0.15) is 44.6 Å². The molecule has 0 aliphatic carbocycles. The molecule has 0 bridgehead atoms. The fourth-order valence-corrected chi connectivity index (χ4v) is 4.46. The lowest BCUT2D eigenvalue weighted by atomic mass is 9.74. The average molecular weight is 332 g/mol. The number of rotatable bonds is 3. The SMILES string of the molecule is CC(=O)N1CC2(CCN(Cc3ccnc(C)n3)CC2)C[C@@]1(C)CO. The van der Waals surface area contributed by atoms with Gasteiger partial charge in [0.15, 0.2) is 0 Å². The van der Waals surface area contributed by atoms with Crippen LogP contribution in [0.3, 0.4) is 0 Å². The molecule has 2 aliphatic rings. The van der Waals surface area contributed by atoms with Gasteiger partial charge in [0.05, 0.1) is 17.8 Å². The van der Waals surface area contributed by atoms with Crippen molar-refractivity contribution in [1.29, 1.82) is 0 Å². The molecule has 2 saturated heterocycles. The van der Waals surface area contributed by atoms with Gasteiger partial charge < -0.3 is 10.0 Å². The molecule has 1 N–H and O–H groups in total. The summed E-state index contributed by atoms with van der Waals surface area (Å²) in [4.78, 5) is 24.9. The van der Waals surface area contributed by atoms with Gasteiger partial charge >= 0.3 is 0 Å². The molecule has 0 saturated carbocycles. The number of piperidine rings is 1. The van der Waals surface area contributed by atoms with Crippen molar-refractivity contribution in [3.8, 4) is 0 Å². The smallest absolute Gasteiger partial charge is 0.219 e. The third-order valence-electron chi connectivity index (χ3n) is 5.76. The molecule has 1 atom stereocenters. The van der Waals surface area contributed by atoms with Gasteiger partial charge in [0.1, 0.15) is 5.82 Å². The number of amides is 1. The highest BCUT2D eigenvalue weighted by atomic mass is 16.3. The lowest BCUT2D eigenvalue weighted by Crippen LogP contribution is -2.46. The van der Waals surface area contributed by atoms with Crippen molar-refractivity contribution in [2.45, 2.75) is 52.1 Å². The van der Waals surface area contributed by atoms with Crippen LogP contribution in [-0.2, 0) is 11.3 Å². The van der Waals surface area contributed by atoms with Crippen LogP contribution >= 0.6 is 0 Å². The van der Waals surface area contributed by atoms with Crippen molar-refractivity contribution in [3.63, 3.8) is 0 Å². The minimum absolute atomic E-state index is 0.0399. The molecule has 1 aromatic rings. The predicted octanol–water partition coefficient (Wildman–Crippen LogP) is 1.37. The van der Waals surface area contributed by atoms with Crippen LogP contribution in [0.4, 0.5) is 0 Å². The molecule has 3 heterocycles. The Morgan fingerprint density at radius 1 is 1.38 bits per heavy atom. The topological polar surface area (TPSA) is 69.6 Å². The van der Waals surface area contributed by atoms with Crippen LogP contribution < -0.4 is 0 Å². The average Bonchev–Trinajstić information content (AvgIpc) is 2.84. The Morgan fingerprint density at radius 2 is 2.08 bits per heavy atom. The normalized spacial score (nSPS) is 26.9. The molecule has 3 rings (SSSR count). The molecule has 1 aromatic heterocycles. The van der Waals surface area contributed by atoms with Crippen molar-refractivity contribution in [3.05, 3.63) is 23.8 Å². The van der Waals surface area contributed by atoms with Gasteiger partial charge in [-0.25, -0.2) is 9.97 Å². The van der Waals surface area contributed by atoms with E-state index in [2.05, 4.69) is 14.9 Å². The Kier molecular flexibility index (Phi) is 4.62. The van der Waals surface area contributed by atoms with Crippen molar-refractivity contribution < 1.29 is 9.90 Å². The minimum atomic E-state index is -0.405. The van der Waals surface area contributed by atoms with E-state index in [-0.39, 0.29) is 17.9 Å². The number of likely N-dealkylation sites (tertiary alicyclic amines) is 2. The van der Waals surface area contributed by atoms with Crippen molar-refractivity contribution in [2.75, 3.05) is 26.2 Å². The van der Waals surface area contributed by atoms with E-state index in [4.69, 9.17) is 0 Å². The monoisotopic (exact) mass is 332 g/mol. The van der Waals surface area contributed by atoms with Crippen LogP contribution in [0.2, 0.25) is 0 Å². The Balaban J connectivity index is 1.63. The zero-order valence-electron chi connectivity index (χ0n) is 15.0. The quantitative estimate of drug-likeness (QED) is 0.905. The first-order chi connectivity index (χ1) is 11.4. The molecule has 0 unspecified atom stereocenters. The lowest BCUT2D eigenvalue weighted by Gasteiger charge is -2.39. The molecule has 0 aromatic carbocycles. The maximum absolute atomic E-state index is 12.0. The number of hydrogen-bond donors (Lipinski definition) is 1. The van der Waals surface area contributed by atoms with Crippen molar-refractivity contribution in [2.24, 2.45) is 5.41 Å². The van der Waals surface area contributed by atoms with E-state index in [1.165, 1.54) is 0 Å². The van der Waals surface area contributed by atoms with Crippen LogP contribution in [0.15, 0.2) is 12.3 Å². The second kappa shape index (κ2) is 6.41. The number of nitrogens with zero attached hydrogens (tertiary/aromatic N) is 4. The third kappa shape index (κ3) is 3.30. The van der Waals surface area contributed by atoms with E-state index >= 15 is 0 Å². The summed E-state index contributed by atoms with van der Waals surface area (Å²) < 4.78 is 0. The van der Waals surface area contributed by atoms with E-state index in [9.17, 15) is 9.90 Å². The van der Waals surface area contributed by atoms with Crippen molar-refractivity contribution in [1.82, 2.24) is 19.8 Å². The number of aliphatic hydroxyl groups excluding tert-OH is 1. The Bertz CT molecular complexity index is 613. The van der Waals surface area contributed by atoms with E-state index in [0.29, 0.717) is 0 Å². The number of aryl methyl sites for hydroxylation is 1. The number of aromatic nitrogens is 2. The van der Waals surface area contributed by atoms with Crippen LogP contribution in [-0.4, -0.2) is 62.6 Å². The largest absolute Gasteiger partial charge is 0.394 e. The summed E-state index contributed by atoms with van der Waals surface area (Å²) in [6.07, 6.45) is 4.85. The molecule has 6 heteroatoms. The summed E-state index contributed by atoms with van der Waals surface area (Å²) in [5.41, 5.74) is 0.814. The maximum atomic E-state index is 12.0. The summed E-state index contributed by atoms with van der Waals surface area (Å²) in [5, 5.41) is 9.81. The highest BCUT2D eigenvalue weighted by Crippen LogP contribution is 2.48. The van der Waals surface area contributed by atoms with E-state index in [0.717, 1.165) is 57.0 Å².